The van der Waals surface area contributed by atoms with Gasteiger partial charge in [-0.15, -0.1) is 0 Å². The van der Waals surface area contributed by atoms with E-state index < -0.39 is 21.9 Å². The van der Waals surface area contributed by atoms with Crippen molar-refractivity contribution in [3.63, 3.8) is 0 Å². The normalized spacial score (nSPS) is 17.4. The van der Waals surface area contributed by atoms with E-state index in [-0.39, 0.29) is 29.6 Å². The molecule has 0 radical (unpaired) electrons. The van der Waals surface area contributed by atoms with Gasteiger partial charge in [0, 0.05) is 12.1 Å². The van der Waals surface area contributed by atoms with Gasteiger partial charge in [0.25, 0.3) is 5.91 Å². The molecule has 186 valence electrons. The number of carbonyl (C=O) groups is 1. The number of ether oxygens (including phenoxy) is 2. The maximum atomic E-state index is 13.2. The fourth-order valence-electron chi connectivity index (χ4n) is 4.38. The molecule has 3 aromatic carbocycles. The van der Waals surface area contributed by atoms with E-state index in [2.05, 4.69) is 6.07 Å². The molecule has 36 heavy (non-hydrogen) atoms. The summed E-state index contributed by atoms with van der Waals surface area (Å²) in [5.41, 5.74) is 3.05. The van der Waals surface area contributed by atoms with Crippen molar-refractivity contribution in [2.24, 2.45) is 5.92 Å². The lowest BCUT2D eigenvalue weighted by atomic mass is 10.0. The van der Waals surface area contributed by atoms with E-state index in [0.29, 0.717) is 22.6 Å². The maximum Gasteiger partial charge on any atom is 0.254 e. The minimum absolute atomic E-state index is 0.125. The predicted molar refractivity (Wildman–Crippen MR) is 136 cm³/mol. The highest BCUT2D eigenvalue weighted by atomic mass is 32.2. The second kappa shape index (κ2) is 10.4. The fraction of sp³-hybridized carbons (Fsp3) is 0.286. The highest BCUT2D eigenvalue weighted by Crippen LogP contribution is 2.29. The Hall–Kier alpha value is -3.83. The van der Waals surface area contributed by atoms with Crippen LogP contribution in [0.25, 0.3) is 0 Å². The van der Waals surface area contributed by atoms with Crippen LogP contribution in [-0.4, -0.2) is 45.5 Å². The van der Waals surface area contributed by atoms with Gasteiger partial charge >= 0.3 is 0 Å². The summed E-state index contributed by atoms with van der Waals surface area (Å²) in [6, 6.07) is 21.3. The fourth-order valence-corrected chi connectivity index (χ4v) is 5.89. The van der Waals surface area contributed by atoms with Crippen molar-refractivity contribution in [2.75, 3.05) is 20.2 Å². The zero-order valence-corrected chi connectivity index (χ0v) is 21.3. The number of nitrogens with zero attached hydrogens (tertiary/aromatic N) is 2. The molecule has 2 atom stereocenters. The number of carbonyl (C=O) groups excluding carboxylic acids is 1. The molecule has 8 heteroatoms. The van der Waals surface area contributed by atoms with Gasteiger partial charge in [0.05, 0.1) is 25.5 Å². The highest BCUT2D eigenvalue weighted by molar-refractivity contribution is 7.90. The van der Waals surface area contributed by atoms with E-state index in [4.69, 9.17) is 9.47 Å². The average Bonchev–Trinajstić information content (AvgIpc) is 3.27. The number of aryl methyl sites for hydroxylation is 2. The number of hydrogen-bond donors (Lipinski definition) is 0. The number of para-hydroxylation sites is 1. The molecule has 7 nitrogen and oxygen atoms in total. The second-order valence-corrected chi connectivity index (χ2v) is 10.9. The second-order valence-electron chi connectivity index (χ2n) is 8.98. The standard InChI is InChI=1S/C28H28N2O5S/c1-19-11-12-20(2)24(13-19)28(31)30-16-22(15-29)26(17-30)35-23-8-6-7-21(14-23)18-36(32,33)27-10-5-4-9-25(27)34-3/h4-14,22,26H,16-18H2,1-3H3. The Morgan fingerprint density at radius 3 is 2.58 bits per heavy atom. The Balaban J connectivity index is 1.50. The largest absolute Gasteiger partial charge is 0.495 e. The van der Waals surface area contributed by atoms with E-state index in [9.17, 15) is 18.5 Å². The molecular formula is C28H28N2O5S. The lowest BCUT2D eigenvalue weighted by Gasteiger charge is -2.19. The number of amides is 1. The molecular weight excluding hydrogens is 476 g/mol. The first-order chi connectivity index (χ1) is 17.2. The van der Waals surface area contributed by atoms with Gasteiger partial charge in [-0.05, 0) is 55.3 Å². The number of hydrogen-bond acceptors (Lipinski definition) is 6. The van der Waals surface area contributed by atoms with Crippen molar-refractivity contribution < 1.29 is 22.7 Å². The third-order valence-electron chi connectivity index (χ3n) is 6.29. The van der Waals surface area contributed by atoms with E-state index in [1.165, 1.54) is 13.2 Å². The van der Waals surface area contributed by atoms with Crippen LogP contribution >= 0.6 is 0 Å². The van der Waals surface area contributed by atoms with Gasteiger partial charge in [0.1, 0.15) is 28.4 Å². The molecule has 1 amide bonds. The number of likely N-dealkylation sites (tertiary alicyclic amines) is 1. The van der Waals surface area contributed by atoms with E-state index in [1.54, 1.807) is 47.4 Å². The van der Waals surface area contributed by atoms with Crippen LogP contribution in [0, 0.1) is 31.1 Å². The van der Waals surface area contributed by atoms with Gasteiger partial charge in [-0.25, -0.2) is 8.42 Å². The van der Waals surface area contributed by atoms with Crippen molar-refractivity contribution >= 4 is 15.7 Å². The summed E-state index contributed by atoms with van der Waals surface area (Å²) in [6.07, 6.45) is -0.523. The molecule has 0 saturated carbocycles. The molecule has 0 N–H and O–H groups in total. The van der Waals surface area contributed by atoms with Crippen molar-refractivity contribution in [1.82, 2.24) is 4.90 Å². The van der Waals surface area contributed by atoms with Crippen LogP contribution in [0.1, 0.15) is 27.0 Å². The Morgan fingerprint density at radius 1 is 1.06 bits per heavy atom. The summed E-state index contributed by atoms with van der Waals surface area (Å²) < 4.78 is 37.4. The van der Waals surface area contributed by atoms with Gasteiger partial charge in [-0.3, -0.25) is 4.79 Å². The van der Waals surface area contributed by atoms with Crippen LogP contribution in [0.5, 0.6) is 11.5 Å². The smallest absolute Gasteiger partial charge is 0.254 e. The van der Waals surface area contributed by atoms with Crippen molar-refractivity contribution in [3.8, 4) is 17.6 Å². The van der Waals surface area contributed by atoms with Gasteiger partial charge in [-0.2, -0.15) is 5.26 Å². The SMILES string of the molecule is COc1ccccc1S(=O)(=O)Cc1cccc(OC2CN(C(=O)c3cc(C)ccc3C)CC2C#N)c1. The Morgan fingerprint density at radius 2 is 1.83 bits per heavy atom. The first kappa shape index (κ1) is 25.3. The van der Waals surface area contributed by atoms with Crippen molar-refractivity contribution in [1.29, 1.82) is 5.26 Å². The Labute approximate surface area is 211 Å². The van der Waals surface area contributed by atoms with Gasteiger partial charge in [0.15, 0.2) is 9.84 Å². The zero-order valence-electron chi connectivity index (χ0n) is 20.5. The van der Waals surface area contributed by atoms with E-state index in [0.717, 1.165) is 11.1 Å². The molecule has 1 saturated heterocycles. The van der Waals surface area contributed by atoms with Crippen LogP contribution < -0.4 is 9.47 Å². The van der Waals surface area contributed by atoms with Crippen LogP contribution in [0.15, 0.2) is 71.6 Å². The molecule has 2 unspecified atom stereocenters. The van der Waals surface area contributed by atoms with Crippen LogP contribution in [0.2, 0.25) is 0 Å². The van der Waals surface area contributed by atoms with Crippen molar-refractivity contribution in [2.45, 2.75) is 30.6 Å². The summed E-state index contributed by atoms with van der Waals surface area (Å²) in [4.78, 5) is 14.9. The summed E-state index contributed by atoms with van der Waals surface area (Å²) in [7, 11) is -2.22. The summed E-state index contributed by atoms with van der Waals surface area (Å²) >= 11 is 0. The summed E-state index contributed by atoms with van der Waals surface area (Å²) in [6.45, 7) is 4.37. The number of sulfone groups is 1. The Kier molecular flexibility index (Phi) is 7.32. The quantitative estimate of drug-likeness (QED) is 0.475. The number of nitriles is 1. The third-order valence-corrected chi connectivity index (χ3v) is 8.01. The summed E-state index contributed by atoms with van der Waals surface area (Å²) in [5, 5.41) is 9.71. The third kappa shape index (κ3) is 5.37. The van der Waals surface area contributed by atoms with Crippen molar-refractivity contribution in [3.05, 3.63) is 89.0 Å². The van der Waals surface area contributed by atoms with Crippen LogP contribution in [0.4, 0.5) is 0 Å². The molecule has 0 aromatic heterocycles. The van der Waals surface area contributed by atoms with Gasteiger partial charge < -0.3 is 14.4 Å². The molecule has 3 aromatic rings. The molecule has 4 rings (SSSR count). The van der Waals surface area contributed by atoms with E-state index >= 15 is 0 Å². The molecule has 1 heterocycles. The molecule has 0 bridgehead atoms. The lowest BCUT2D eigenvalue weighted by molar-refractivity contribution is 0.0771. The average molecular weight is 505 g/mol. The minimum atomic E-state index is -3.66. The summed E-state index contributed by atoms with van der Waals surface area (Å²) in [5.74, 6) is -0.108. The number of rotatable bonds is 7. The number of methoxy groups -OCH3 is 1. The van der Waals surface area contributed by atoms with E-state index in [1.807, 2.05) is 32.0 Å². The lowest BCUT2D eigenvalue weighted by Crippen LogP contribution is -2.31. The number of benzene rings is 3. The maximum absolute atomic E-state index is 13.2. The molecule has 1 fully saturated rings. The molecule has 0 spiro atoms. The van der Waals surface area contributed by atoms with Gasteiger partial charge in [-0.1, -0.05) is 42.0 Å². The monoisotopic (exact) mass is 504 g/mol. The molecule has 1 aliphatic heterocycles. The van der Waals surface area contributed by atoms with Gasteiger partial charge in [0.2, 0.25) is 0 Å². The zero-order chi connectivity index (χ0) is 25.9. The minimum Gasteiger partial charge on any atom is -0.495 e. The van der Waals surface area contributed by atoms with Crippen LogP contribution in [-0.2, 0) is 15.6 Å². The first-order valence-corrected chi connectivity index (χ1v) is 13.2. The molecule has 0 aliphatic carbocycles. The Bertz CT molecular complexity index is 1430. The highest BCUT2D eigenvalue weighted by Gasteiger charge is 2.37. The topological polar surface area (TPSA) is 96.7 Å². The predicted octanol–water partition coefficient (Wildman–Crippen LogP) is 4.33. The van der Waals surface area contributed by atoms with Crippen LogP contribution in [0.3, 0.4) is 0 Å². The first-order valence-electron chi connectivity index (χ1n) is 11.6. The molecule has 1 aliphatic rings.